The normalized spacial score (nSPS) is 10.1. The molecule has 1 aromatic heterocycles. The molecule has 0 atom stereocenters. The summed E-state index contributed by atoms with van der Waals surface area (Å²) in [6.07, 6.45) is 2.99. The third-order valence-corrected chi connectivity index (χ3v) is 2.32. The third-order valence-electron chi connectivity index (χ3n) is 2.32. The number of aromatic nitrogens is 2. The number of carbonyl (C=O) groups is 1. The lowest BCUT2D eigenvalue weighted by atomic mass is 10.2. The second-order valence-corrected chi connectivity index (χ2v) is 3.74. The van der Waals surface area contributed by atoms with Crippen molar-refractivity contribution < 1.29 is 9.53 Å². The first-order chi connectivity index (χ1) is 8.66. The van der Waals surface area contributed by atoms with E-state index in [9.17, 15) is 9.59 Å². The SMILES string of the molecule is CC(=O)Oc1nccn(Cc2ccccc2)c1=O. The van der Waals surface area contributed by atoms with E-state index in [2.05, 4.69) is 4.98 Å². The zero-order chi connectivity index (χ0) is 13.0. The molecule has 0 radical (unpaired) electrons. The molecule has 0 aliphatic heterocycles. The van der Waals surface area contributed by atoms with E-state index in [1.54, 1.807) is 6.20 Å². The lowest BCUT2D eigenvalue weighted by Gasteiger charge is -2.06. The Kier molecular flexibility index (Phi) is 3.52. The maximum atomic E-state index is 11.9. The molecule has 0 N–H and O–H groups in total. The summed E-state index contributed by atoms with van der Waals surface area (Å²) in [5.74, 6) is -0.752. The van der Waals surface area contributed by atoms with Gasteiger partial charge in [-0.3, -0.25) is 9.59 Å². The number of ether oxygens (including phenoxy) is 1. The highest BCUT2D eigenvalue weighted by molar-refractivity contribution is 5.68. The summed E-state index contributed by atoms with van der Waals surface area (Å²) in [7, 11) is 0. The molecule has 0 saturated carbocycles. The van der Waals surface area contributed by atoms with E-state index in [4.69, 9.17) is 4.74 Å². The molecule has 2 aromatic rings. The van der Waals surface area contributed by atoms with Crippen LogP contribution in [0.2, 0.25) is 0 Å². The van der Waals surface area contributed by atoms with Crippen LogP contribution in [0.4, 0.5) is 0 Å². The summed E-state index contributed by atoms with van der Waals surface area (Å²) in [5.41, 5.74) is 0.566. The van der Waals surface area contributed by atoms with Crippen LogP contribution in [0.15, 0.2) is 47.5 Å². The van der Waals surface area contributed by atoms with Gasteiger partial charge in [0, 0.05) is 19.3 Å². The van der Waals surface area contributed by atoms with Gasteiger partial charge in [-0.15, -0.1) is 0 Å². The van der Waals surface area contributed by atoms with Gasteiger partial charge < -0.3 is 9.30 Å². The standard InChI is InChI=1S/C13H12N2O3/c1-10(16)18-12-13(17)15(8-7-14-12)9-11-5-3-2-4-6-11/h2-8H,9H2,1H3. The van der Waals surface area contributed by atoms with Crippen LogP contribution in [0.3, 0.4) is 0 Å². The van der Waals surface area contributed by atoms with Crippen LogP contribution in [0, 0.1) is 0 Å². The Labute approximate surface area is 104 Å². The summed E-state index contributed by atoms with van der Waals surface area (Å²) in [5, 5.41) is 0. The Morgan fingerprint density at radius 2 is 2.06 bits per heavy atom. The van der Waals surface area contributed by atoms with Crippen molar-refractivity contribution in [3.8, 4) is 5.88 Å². The number of rotatable bonds is 3. The van der Waals surface area contributed by atoms with E-state index in [1.165, 1.54) is 17.7 Å². The quantitative estimate of drug-likeness (QED) is 0.761. The molecule has 18 heavy (non-hydrogen) atoms. The van der Waals surface area contributed by atoms with Gasteiger partial charge in [-0.05, 0) is 5.56 Å². The number of carbonyl (C=O) groups excluding carboxylic acids is 1. The minimum Gasteiger partial charge on any atom is -0.402 e. The van der Waals surface area contributed by atoms with Gasteiger partial charge in [-0.1, -0.05) is 30.3 Å². The Morgan fingerprint density at radius 3 is 2.72 bits per heavy atom. The van der Waals surface area contributed by atoms with Gasteiger partial charge in [-0.25, -0.2) is 4.98 Å². The lowest BCUT2D eigenvalue weighted by Crippen LogP contribution is -2.24. The molecular weight excluding hydrogens is 232 g/mol. The van der Waals surface area contributed by atoms with Crippen molar-refractivity contribution in [3.63, 3.8) is 0 Å². The van der Waals surface area contributed by atoms with E-state index in [0.29, 0.717) is 6.54 Å². The molecule has 0 saturated heterocycles. The molecule has 0 bridgehead atoms. The van der Waals surface area contributed by atoms with E-state index in [0.717, 1.165) is 5.56 Å². The highest BCUT2D eigenvalue weighted by Crippen LogP contribution is 2.02. The van der Waals surface area contributed by atoms with Gasteiger partial charge in [0.05, 0.1) is 6.54 Å². The smallest absolute Gasteiger partial charge is 0.314 e. The Hall–Kier alpha value is -2.43. The van der Waals surface area contributed by atoms with Crippen molar-refractivity contribution in [2.75, 3.05) is 0 Å². The Balaban J connectivity index is 2.29. The first-order valence-electron chi connectivity index (χ1n) is 5.44. The van der Waals surface area contributed by atoms with Gasteiger partial charge in [-0.2, -0.15) is 0 Å². The largest absolute Gasteiger partial charge is 0.402 e. The number of nitrogens with zero attached hydrogens (tertiary/aromatic N) is 2. The first-order valence-corrected chi connectivity index (χ1v) is 5.44. The van der Waals surface area contributed by atoms with Crippen LogP contribution in [-0.2, 0) is 11.3 Å². The van der Waals surface area contributed by atoms with E-state index in [-0.39, 0.29) is 5.88 Å². The highest BCUT2D eigenvalue weighted by Gasteiger charge is 2.08. The molecule has 0 fully saturated rings. The van der Waals surface area contributed by atoms with Crippen molar-refractivity contribution in [2.45, 2.75) is 13.5 Å². The minimum absolute atomic E-state index is 0.194. The zero-order valence-electron chi connectivity index (χ0n) is 9.87. The molecule has 1 aromatic carbocycles. The lowest BCUT2D eigenvalue weighted by molar-refractivity contribution is -0.132. The maximum Gasteiger partial charge on any atom is 0.314 e. The summed E-state index contributed by atoms with van der Waals surface area (Å²) >= 11 is 0. The molecule has 0 aliphatic rings. The van der Waals surface area contributed by atoms with Crippen LogP contribution < -0.4 is 10.3 Å². The minimum atomic E-state index is -0.558. The Morgan fingerprint density at radius 1 is 1.33 bits per heavy atom. The average Bonchev–Trinajstić information content (AvgIpc) is 2.35. The second-order valence-electron chi connectivity index (χ2n) is 3.74. The topological polar surface area (TPSA) is 61.2 Å². The van der Waals surface area contributed by atoms with Crippen molar-refractivity contribution in [3.05, 3.63) is 58.6 Å². The molecule has 5 heteroatoms. The molecule has 1 heterocycles. The monoisotopic (exact) mass is 244 g/mol. The fraction of sp³-hybridized carbons (Fsp3) is 0.154. The maximum absolute atomic E-state index is 11.9. The fourth-order valence-corrected chi connectivity index (χ4v) is 1.54. The van der Waals surface area contributed by atoms with Gasteiger partial charge in [0.1, 0.15) is 0 Å². The summed E-state index contributed by atoms with van der Waals surface area (Å²) in [6.45, 7) is 1.64. The second kappa shape index (κ2) is 5.27. The van der Waals surface area contributed by atoms with E-state index < -0.39 is 11.5 Å². The van der Waals surface area contributed by atoms with Gasteiger partial charge >= 0.3 is 11.5 Å². The molecule has 0 aliphatic carbocycles. The molecule has 0 unspecified atom stereocenters. The zero-order valence-corrected chi connectivity index (χ0v) is 9.87. The van der Waals surface area contributed by atoms with Crippen molar-refractivity contribution in [2.24, 2.45) is 0 Å². The average molecular weight is 244 g/mol. The van der Waals surface area contributed by atoms with Crippen molar-refractivity contribution in [1.29, 1.82) is 0 Å². The third kappa shape index (κ3) is 2.82. The van der Waals surface area contributed by atoms with Gasteiger partial charge in [0.15, 0.2) is 0 Å². The summed E-state index contributed by atoms with van der Waals surface area (Å²) in [6, 6.07) is 9.53. The predicted octanol–water partition coefficient (Wildman–Crippen LogP) is 1.22. The molecule has 2 rings (SSSR count). The molecule has 5 nitrogen and oxygen atoms in total. The number of hydrogen-bond acceptors (Lipinski definition) is 4. The number of hydrogen-bond donors (Lipinski definition) is 0. The number of esters is 1. The van der Waals surface area contributed by atoms with E-state index in [1.807, 2.05) is 30.3 Å². The van der Waals surface area contributed by atoms with Crippen LogP contribution in [0.1, 0.15) is 12.5 Å². The van der Waals surface area contributed by atoms with Gasteiger partial charge in [0.2, 0.25) is 0 Å². The summed E-state index contributed by atoms with van der Waals surface area (Å²) in [4.78, 5) is 26.5. The fourth-order valence-electron chi connectivity index (χ4n) is 1.54. The molecule has 0 amide bonds. The molecular formula is C13H12N2O3. The first kappa shape index (κ1) is 12.0. The van der Waals surface area contributed by atoms with E-state index >= 15 is 0 Å². The van der Waals surface area contributed by atoms with Gasteiger partial charge in [0.25, 0.3) is 5.88 Å². The molecule has 0 spiro atoms. The predicted molar refractivity (Wildman–Crippen MR) is 65.4 cm³/mol. The number of benzene rings is 1. The van der Waals surface area contributed by atoms with Crippen LogP contribution in [0.25, 0.3) is 0 Å². The van der Waals surface area contributed by atoms with Crippen molar-refractivity contribution >= 4 is 5.97 Å². The van der Waals surface area contributed by atoms with Crippen LogP contribution in [-0.4, -0.2) is 15.5 Å². The van der Waals surface area contributed by atoms with Crippen LogP contribution >= 0.6 is 0 Å². The Bertz CT molecular complexity index is 605. The van der Waals surface area contributed by atoms with Crippen molar-refractivity contribution in [1.82, 2.24) is 9.55 Å². The highest BCUT2D eigenvalue weighted by atomic mass is 16.5. The molecule has 92 valence electrons. The summed E-state index contributed by atoms with van der Waals surface area (Å²) < 4.78 is 6.19. The van der Waals surface area contributed by atoms with Crippen LogP contribution in [0.5, 0.6) is 5.88 Å².